The molecule has 0 aromatic carbocycles. The van der Waals surface area contributed by atoms with Crippen molar-refractivity contribution in [3.05, 3.63) is 5.01 Å². The molecule has 0 bridgehead atoms. The number of nitrogens with two attached hydrogens (primary N) is 1. The minimum absolute atomic E-state index is 0.138. The van der Waals surface area contributed by atoms with E-state index in [-0.39, 0.29) is 11.7 Å². The topological polar surface area (TPSA) is 68.9 Å². The Morgan fingerprint density at radius 3 is 2.57 bits per heavy atom. The largest absolute Gasteiger partial charge is 0.374 e. The van der Waals surface area contributed by atoms with Crippen LogP contribution in [0.2, 0.25) is 0 Å². The molecular weight excluding hydrogens is 198 g/mol. The first-order chi connectivity index (χ1) is 6.77. The molecule has 0 amide bonds. The average Bonchev–Trinajstić information content (AvgIpc) is 2.65. The number of hydrogen-bond donors (Lipinski definition) is 1. The molecule has 1 fully saturated rings. The van der Waals surface area contributed by atoms with Crippen molar-refractivity contribution in [2.75, 3.05) is 5.73 Å². The zero-order valence-corrected chi connectivity index (χ0v) is 8.72. The van der Waals surface area contributed by atoms with Gasteiger partial charge in [-0.3, -0.25) is 4.79 Å². The van der Waals surface area contributed by atoms with Gasteiger partial charge in [-0.1, -0.05) is 30.6 Å². The Balaban J connectivity index is 2.07. The summed E-state index contributed by atoms with van der Waals surface area (Å²) in [4.78, 5) is 11.9. The molecule has 2 N–H and O–H groups in total. The second-order valence-electron chi connectivity index (χ2n) is 3.64. The Labute approximate surface area is 86.5 Å². The third-order valence-electron chi connectivity index (χ3n) is 2.63. The van der Waals surface area contributed by atoms with Gasteiger partial charge in [0.15, 0.2) is 10.8 Å². The van der Waals surface area contributed by atoms with Crippen LogP contribution in [0.4, 0.5) is 5.13 Å². The smallest absolute Gasteiger partial charge is 0.203 e. The zero-order valence-electron chi connectivity index (χ0n) is 7.90. The van der Waals surface area contributed by atoms with Crippen LogP contribution in [-0.2, 0) is 0 Å². The maximum Gasteiger partial charge on any atom is 0.203 e. The highest BCUT2D eigenvalue weighted by molar-refractivity contribution is 7.16. The predicted molar refractivity (Wildman–Crippen MR) is 55.2 cm³/mol. The van der Waals surface area contributed by atoms with Crippen molar-refractivity contribution in [3.8, 4) is 0 Å². The number of nitrogens with zero attached hydrogens (tertiary/aromatic N) is 2. The van der Waals surface area contributed by atoms with Crippen LogP contribution in [0, 0.1) is 5.92 Å². The number of ketones is 1. The Morgan fingerprint density at radius 2 is 2.00 bits per heavy atom. The summed E-state index contributed by atoms with van der Waals surface area (Å²) in [7, 11) is 0. The summed E-state index contributed by atoms with van der Waals surface area (Å²) in [6.45, 7) is 0. The molecule has 76 valence electrons. The molecule has 14 heavy (non-hydrogen) atoms. The van der Waals surface area contributed by atoms with Crippen LogP contribution < -0.4 is 5.73 Å². The van der Waals surface area contributed by atoms with Crippen LogP contribution in [0.5, 0.6) is 0 Å². The standard InChI is InChI=1S/C9H13N3OS/c10-9-12-11-8(14-9)7(13)6-4-2-1-3-5-6/h6H,1-5H2,(H2,10,12). The molecule has 0 aliphatic heterocycles. The average molecular weight is 211 g/mol. The van der Waals surface area contributed by atoms with E-state index in [1.807, 2.05) is 0 Å². The van der Waals surface area contributed by atoms with E-state index < -0.39 is 0 Å². The number of rotatable bonds is 2. The van der Waals surface area contributed by atoms with Crippen molar-refractivity contribution >= 4 is 22.3 Å². The van der Waals surface area contributed by atoms with E-state index in [1.165, 1.54) is 17.8 Å². The van der Waals surface area contributed by atoms with Crippen molar-refractivity contribution in [1.82, 2.24) is 10.2 Å². The van der Waals surface area contributed by atoms with E-state index in [2.05, 4.69) is 10.2 Å². The van der Waals surface area contributed by atoms with Gasteiger partial charge in [0.25, 0.3) is 0 Å². The molecule has 2 rings (SSSR count). The molecule has 0 spiro atoms. The van der Waals surface area contributed by atoms with Crippen molar-refractivity contribution in [2.45, 2.75) is 32.1 Å². The third kappa shape index (κ3) is 1.92. The van der Waals surface area contributed by atoms with E-state index in [0.29, 0.717) is 10.1 Å². The van der Waals surface area contributed by atoms with Gasteiger partial charge in [-0.15, -0.1) is 10.2 Å². The number of carbonyl (C=O) groups excluding carboxylic acids is 1. The molecule has 0 atom stereocenters. The fraction of sp³-hybridized carbons (Fsp3) is 0.667. The SMILES string of the molecule is Nc1nnc(C(=O)C2CCCCC2)s1. The van der Waals surface area contributed by atoms with Gasteiger partial charge in [0.05, 0.1) is 0 Å². The molecule has 0 radical (unpaired) electrons. The quantitative estimate of drug-likeness (QED) is 0.758. The van der Waals surface area contributed by atoms with Crippen LogP contribution in [-0.4, -0.2) is 16.0 Å². The summed E-state index contributed by atoms with van der Waals surface area (Å²) in [6.07, 6.45) is 5.56. The van der Waals surface area contributed by atoms with Crippen molar-refractivity contribution in [3.63, 3.8) is 0 Å². The number of anilines is 1. The van der Waals surface area contributed by atoms with E-state index in [0.717, 1.165) is 25.7 Å². The van der Waals surface area contributed by atoms with Crippen LogP contribution in [0.3, 0.4) is 0 Å². The molecule has 1 aromatic heterocycles. The normalized spacial score (nSPS) is 18.3. The molecule has 1 aromatic rings. The van der Waals surface area contributed by atoms with E-state index in [9.17, 15) is 4.79 Å². The Hall–Kier alpha value is -0.970. The van der Waals surface area contributed by atoms with Gasteiger partial charge in [0.1, 0.15) is 0 Å². The molecule has 1 saturated carbocycles. The lowest BCUT2D eigenvalue weighted by Gasteiger charge is -2.18. The highest BCUT2D eigenvalue weighted by atomic mass is 32.1. The van der Waals surface area contributed by atoms with Crippen LogP contribution in [0.1, 0.15) is 41.9 Å². The Bertz CT molecular complexity index is 331. The van der Waals surface area contributed by atoms with Gasteiger partial charge in [-0.05, 0) is 12.8 Å². The fourth-order valence-corrected chi connectivity index (χ4v) is 2.50. The summed E-state index contributed by atoms with van der Waals surface area (Å²) >= 11 is 1.20. The summed E-state index contributed by atoms with van der Waals surface area (Å²) in [5.74, 6) is 0.301. The van der Waals surface area contributed by atoms with Gasteiger partial charge in [0, 0.05) is 5.92 Å². The number of hydrogen-bond acceptors (Lipinski definition) is 5. The van der Waals surface area contributed by atoms with Gasteiger partial charge >= 0.3 is 0 Å². The lowest BCUT2D eigenvalue weighted by atomic mass is 9.86. The van der Waals surface area contributed by atoms with Crippen LogP contribution in [0.25, 0.3) is 0 Å². The number of Topliss-reactive ketones (excluding diaryl/α,β-unsaturated/α-hetero) is 1. The molecular formula is C9H13N3OS. The third-order valence-corrected chi connectivity index (χ3v) is 3.39. The second kappa shape index (κ2) is 4.04. The second-order valence-corrected chi connectivity index (χ2v) is 4.65. The Kier molecular flexibility index (Phi) is 2.77. The lowest BCUT2D eigenvalue weighted by molar-refractivity contribution is 0.0888. The maximum atomic E-state index is 11.9. The van der Waals surface area contributed by atoms with Crippen LogP contribution >= 0.6 is 11.3 Å². The van der Waals surface area contributed by atoms with Crippen molar-refractivity contribution in [2.24, 2.45) is 5.92 Å². The first-order valence-electron chi connectivity index (χ1n) is 4.90. The number of carbonyl (C=O) groups is 1. The number of nitrogen functional groups attached to an aromatic ring is 1. The van der Waals surface area contributed by atoms with Gasteiger partial charge < -0.3 is 5.73 Å². The molecule has 1 aliphatic rings. The molecule has 1 heterocycles. The predicted octanol–water partition coefficient (Wildman–Crippen LogP) is 1.88. The fourth-order valence-electron chi connectivity index (χ4n) is 1.87. The number of aromatic nitrogens is 2. The monoisotopic (exact) mass is 211 g/mol. The van der Waals surface area contributed by atoms with E-state index >= 15 is 0 Å². The summed E-state index contributed by atoms with van der Waals surface area (Å²) in [5.41, 5.74) is 5.44. The first-order valence-corrected chi connectivity index (χ1v) is 5.72. The Morgan fingerprint density at radius 1 is 1.29 bits per heavy atom. The summed E-state index contributed by atoms with van der Waals surface area (Å²) < 4.78 is 0. The molecule has 1 aliphatic carbocycles. The minimum atomic E-state index is 0.138. The first kappa shape index (κ1) is 9.58. The highest BCUT2D eigenvalue weighted by Crippen LogP contribution is 2.27. The van der Waals surface area contributed by atoms with Crippen LogP contribution in [0.15, 0.2) is 0 Å². The van der Waals surface area contributed by atoms with Crippen molar-refractivity contribution in [1.29, 1.82) is 0 Å². The summed E-state index contributed by atoms with van der Waals surface area (Å²) in [6, 6.07) is 0. The molecule has 4 nitrogen and oxygen atoms in total. The lowest BCUT2D eigenvalue weighted by Crippen LogP contribution is -2.17. The highest BCUT2D eigenvalue weighted by Gasteiger charge is 2.24. The van der Waals surface area contributed by atoms with Gasteiger partial charge in [-0.2, -0.15) is 0 Å². The van der Waals surface area contributed by atoms with Crippen molar-refractivity contribution < 1.29 is 4.79 Å². The molecule has 0 unspecified atom stereocenters. The maximum absolute atomic E-state index is 11.9. The summed E-state index contributed by atoms with van der Waals surface area (Å²) in [5, 5.41) is 8.30. The molecule has 5 heteroatoms. The van der Waals surface area contributed by atoms with Gasteiger partial charge in [-0.25, -0.2) is 0 Å². The zero-order chi connectivity index (χ0) is 9.97. The van der Waals surface area contributed by atoms with E-state index in [1.54, 1.807) is 0 Å². The van der Waals surface area contributed by atoms with E-state index in [4.69, 9.17) is 5.73 Å². The molecule has 0 saturated heterocycles. The van der Waals surface area contributed by atoms with Gasteiger partial charge in [0.2, 0.25) is 5.13 Å². The minimum Gasteiger partial charge on any atom is -0.374 e.